The van der Waals surface area contributed by atoms with Crippen LogP contribution < -0.4 is 5.32 Å². The summed E-state index contributed by atoms with van der Waals surface area (Å²) < 4.78 is 26.1. The zero-order chi connectivity index (χ0) is 14.5. The Kier molecular flexibility index (Phi) is 5.11. The SMILES string of the molecule is C#CCN1CCC(NC(C)c2ccc(F)c(F)c2)CC1. The summed E-state index contributed by atoms with van der Waals surface area (Å²) in [7, 11) is 0. The molecule has 108 valence electrons. The lowest BCUT2D eigenvalue weighted by Gasteiger charge is -2.33. The molecule has 20 heavy (non-hydrogen) atoms. The highest BCUT2D eigenvalue weighted by atomic mass is 19.2. The number of nitrogens with one attached hydrogen (secondary N) is 1. The first-order chi connectivity index (χ1) is 9.60. The Morgan fingerprint density at radius 2 is 2.05 bits per heavy atom. The molecule has 2 nitrogen and oxygen atoms in total. The van der Waals surface area contributed by atoms with E-state index in [0.29, 0.717) is 12.6 Å². The third-order valence-electron chi connectivity index (χ3n) is 3.83. The van der Waals surface area contributed by atoms with Crippen LogP contribution in [0.25, 0.3) is 0 Å². The van der Waals surface area contributed by atoms with Gasteiger partial charge in [0.05, 0.1) is 6.54 Å². The van der Waals surface area contributed by atoms with Gasteiger partial charge in [0.25, 0.3) is 0 Å². The number of nitrogens with zero attached hydrogens (tertiary/aromatic N) is 1. The lowest BCUT2D eigenvalue weighted by molar-refractivity contribution is 0.211. The van der Waals surface area contributed by atoms with E-state index in [4.69, 9.17) is 6.42 Å². The Labute approximate surface area is 119 Å². The molecule has 0 bridgehead atoms. The van der Waals surface area contributed by atoms with Crippen LogP contribution in [0.1, 0.15) is 31.4 Å². The number of hydrogen-bond donors (Lipinski definition) is 1. The summed E-state index contributed by atoms with van der Waals surface area (Å²) in [5, 5.41) is 3.48. The third-order valence-corrected chi connectivity index (χ3v) is 3.83. The molecule has 0 aromatic heterocycles. The summed E-state index contributed by atoms with van der Waals surface area (Å²) in [4.78, 5) is 2.25. The molecule has 0 saturated carbocycles. The summed E-state index contributed by atoms with van der Waals surface area (Å²) in [5.74, 6) is 1.06. The minimum Gasteiger partial charge on any atom is -0.307 e. The molecule has 2 rings (SSSR count). The van der Waals surface area contributed by atoms with Crippen molar-refractivity contribution in [2.24, 2.45) is 0 Å². The minimum absolute atomic E-state index is 0.00860. The second kappa shape index (κ2) is 6.83. The van der Waals surface area contributed by atoms with E-state index in [-0.39, 0.29) is 6.04 Å². The van der Waals surface area contributed by atoms with E-state index in [1.54, 1.807) is 6.07 Å². The maximum absolute atomic E-state index is 13.2. The predicted molar refractivity (Wildman–Crippen MR) is 76.2 cm³/mol. The maximum atomic E-state index is 13.2. The molecule has 1 heterocycles. The first kappa shape index (κ1) is 15.0. The van der Waals surface area contributed by atoms with Gasteiger partial charge in [-0.1, -0.05) is 12.0 Å². The molecule has 4 heteroatoms. The maximum Gasteiger partial charge on any atom is 0.159 e. The number of hydrogen-bond acceptors (Lipinski definition) is 2. The van der Waals surface area contributed by atoms with Gasteiger partial charge in [-0.2, -0.15) is 0 Å². The smallest absolute Gasteiger partial charge is 0.159 e. The average molecular weight is 278 g/mol. The monoisotopic (exact) mass is 278 g/mol. The average Bonchev–Trinajstić information content (AvgIpc) is 2.44. The van der Waals surface area contributed by atoms with E-state index in [0.717, 1.165) is 31.5 Å². The zero-order valence-electron chi connectivity index (χ0n) is 11.7. The highest BCUT2D eigenvalue weighted by Gasteiger charge is 2.20. The van der Waals surface area contributed by atoms with Gasteiger partial charge in [0.2, 0.25) is 0 Å². The van der Waals surface area contributed by atoms with Crippen LogP contribution >= 0.6 is 0 Å². The van der Waals surface area contributed by atoms with E-state index in [1.807, 2.05) is 6.92 Å². The minimum atomic E-state index is -0.802. The number of likely N-dealkylation sites (tertiary alicyclic amines) is 1. The van der Waals surface area contributed by atoms with Crippen molar-refractivity contribution < 1.29 is 8.78 Å². The molecule has 1 atom stereocenters. The Morgan fingerprint density at radius 3 is 2.65 bits per heavy atom. The fourth-order valence-corrected chi connectivity index (χ4v) is 2.62. The summed E-state index contributed by atoms with van der Waals surface area (Å²) >= 11 is 0. The van der Waals surface area contributed by atoms with Crippen LogP contribution in [-0.4, -0.2) is 30.6 Å². The molecule has 1 fully saturated rings. The number of halogens is 2. The van der Waals surface area contributed by atoms with Gasteiger partial charge >= 0.3 is 0 Å². The summed E-state index contributed by atoms with van der Waals surface area (Å²) in [6.45, 7) is 4.63. The molecule has 1 N–H and O–H groups in total. The molecule has 0 radical (unpaired) electrons. The van der Waals surface area contributed by atoms with Crippen LogP contribution in [0.5, 0.6) is 0 Å². The van der Waals surface area contributed by atoms with Gasteiger partial charge in [-0.05, 0) is 37.5 Å². The summed E-state index contributed by atoms with van der Waals surface area (Å²) in [5.41, 5.74) is 0.773. The number of benzene rings is 1. The number of terminal acetylenes is 1. The van der Waals surface area contributed by atoms with Crippen molar-refractivity contribution in [3.8, 4) is 12.3 Å². The highest BCUT2D eigenvalue weighted by molar-refractivity contribution is 5.20. The second-order valence-corrected chi connectivity index (χ2v) is 5.32. The van der Waals surface area contributed by atoms with Crippen LogP contribution in [0.3, 0.4) is 0 Å². The molecule has 1 aromatic carbocycles. The molecule has 1 saturated heterocycles. The van der Waals surface area contributed by atoms with Crippen LogP contribution in [0.15, 0.2) is 18.2 Å². The van der Waals surface area contributed by atoms with Gasteiger partial charge in [-0.3, -0.25) is 4.90 Å². The van der Waals surface area contributed by atoms with Crippen molar-refractivity contribution in [1.29, 1.82) is 0 Å². The first-order valence-corrected chi connectivity index (χ1v) is 6.97. The molecule has 1 aliphatic rings. The van der Waals surface area contributed by atoms with Gasteiger partial charge < -0.3 is 5.32 Å². The van der Waals surface area contributed by atoms with E-state index in [2.05, 4.69) is 16.1 Å². The first-order valence-electron chi connectivity index (χ1n) is 6.97. The van der Waals surface area contributed by atoms with E-state index < -0.39 is 11.6 Å². The van der Waals surface area contributed by atoms with E-state index in [9.17, 15) is 8.78 Å². The van der Waals surface area contributed by atoms with Gasteiger partial charge in [-0.15, -0.1) is 6.42 Å². The molecule has 0 amide bonds. The van der Waals surface area contributed by atoms with Crippen LogP contribution in [-0.2, 0) is 0 Å². The number of rotatable bonds is 4. The fraction of sp³-hybridized carbons (Fsp3) is 0.500. The Hall–Kier alpha value is -1.44. The second-order valence-electron chi connectivity index (χ2n) is 5.32. The van der Waals surface area contributed by atoms with Crippen molar-refractivity contribution in [3.05, 3.63) is 35.4 Å². The van der Waals surface area contributed by atoms with Crippen LogP contribution in [0, 0.1) is 24.0 Å². The lowest BCUT2D eigenvalue weighted by atomic mass is 10.0. The fourth-order valence-electron chi connectivity index (χ4n) is 2.62. The van der Waals surface area contributed by atoms with Crippen molar-refractivity contribution in [2.45, 2.75) is 31.8 Å². The molecule has 1 aliphatic heterocycles. The quantitative estimate of drug-likeness (QED) is 0.852. The Morgan fingerprint density at radius 1 is 1.35 bits per heavy atom. The molecule has 0 spiro atoms. The molecular formula is C16H20F2N2. The molecular weight excluding hydrogens is 258 g/mol. The predicted octanol–water partition coefficient (Wildman–Crippen LogP) is 2.71. The largest absolute Gasteiger partial charge is 0.307 e. The number of piperidine rings is 1. The van der Waals surface area contributed by atoms with Crippen LogP contribution in [0.4, 0.5) is 8.78 Å². The van der Waals surface area contributed by atoms with Gasteiger partial charge in [-0.25, -0.2) is 8.78 Å². The van der Waals surface area contributed by atoms with Crippen molar-refractivity contribution in [1.82, 2.24) is 10.2 Å². The van der Waals surface area contributed by atoms with Gasteiger partial charge in [0.15, 0.2) is 11.6 Å². The van der Waals surface area contributed by atoms with Crippen molar-refractivity contribution in [2.75, 3.05) is 19.6 Å². The Balaban J connectivity index is 1.87. The highest BCUT2D eigenvalue weighted by Crippen LogP contribution is 2.19. The Bertz CT molecular complexity index is 488. The summed E-state index contributed by atoms with van der Waals surface area (Å²) in [6, 6.07) is 4.48. The van der Waals surface area contributed by atoms with Crippen molar-refractivity contribution >= 4 is 0 Å². The normalized spacial score (nSPS) is 18.7. The van der Waals surface area contributed by atoms with E-state index in [1.165, 1.54) is 12.1 Å². The van der Waals surface area contributed by atoms with Gasteiger partial charge in [0.1, 0.15) is 0 Å². The van der Waals surface area contributed by atoms with Crippen molar-refractivity contribution in [3.63, 3.8) is 0 Å². The zero-order valence-corrected chi connectivity index (χ0v) is 11.7. The molecule has 1 unspecified atom stereocenters. The lowest BCUT2D eigenvalue weighted by Crippen LogP contribution is -2.43. The topological polar surface area (TPSA) is 15.3 Å². The summed E-state index contributed by atoms with van der Waals surface area (Å²) in [6.07, 6.45) is 7.35. The molecule has 0 aliphatic carbocycles. The van der Waals surface area contributed by atoms with E-state index >= 15 is 0 Å². The standard InChI is InChI=1S/C16H20F2N2/c1-3-8-20-9-6-14(7-10-20)19-12(2)13-4-5-15(17)16(18)11-13/h1,4-5,11-12,14,19H,6-10H2,2H3. The third kappa shape index (κ3) is 3.78. The van der Waals surface area contributed by atoms with Crippen LogP contribution in [0.2, 0.25) is 0 Å². The molecule has 1 aromatic rings. The van der Waals surface area contributed by atoms with Gasteiger partial charge in [0, 0.05) is 25.2 Å².